The summed E-state index contributed by atoms with van der Waals surface area (Å²) in [5.74, 6) is -0.588. The first-order valence-corrected chi connectivity index (χ1v) is 8.97. The maximum atomic E-state index is 12.1. The lowest BCUT2D eigenvalue weighted by Gasteiger charge is -2.00. The van der Waals surface area contributed by atoms with Crippen LogP contribution in [0.3, 0.4) is 0 Å². The van der Waals surface area contributed by atoms with Crippen LogP contribution in [0.25, 0.3) is 0 Å². The Labute approximate surface area is 151 Å². The third kappa shape index (κ3) is 4.43. The van der Waals surface area contributed by atoms with Gasteiger partial charge in [-0.15, -0.1) is 22.7 Å². The molecule has 2 amide bonds. The number of nitrogens with one attached hydrogen (secondary N) is 2. The lowest BCUT2D eigenvalue weighted by atomic mass is 10.3. The van der Waals surface area contributed by atoms with E-state index >= 15 is 0 Å². The predicted octanol–water partition coefficient (Wildman–Crippen LogP) is 2.44. The molecule has 3 rings (SSSR count). The van der Waals surface area contributed by atoms with E-state index in [1.54, 1.807) is 11.4 Å². The van der Waals surface area contributed by atoms with Gasteiger partial charge in [0, 0.05) is 22.7 Å². The minimum absolute atomic E-state index is 0.0616. The SMILES string of the molecule is Cc1nc(NC(=O)Cc2csc(NC(=O)c3ncccn3)n2)sc1C. The van der Waals surface area contributed by atoms with E-state index in [9.17, 15) is 9.59 Å². The summed E-state index contributed by atoms with van der Waals surface area (Å²) in [5, 5.41) is 8.05. The fourth-order valence-electron chi connectivity index (χ4n) is 1.87. The lowest BCUT2D eigenvalue weighted by molar-refractivity contribution is -0.115. The zero-order valence-corrected chi connectivity index (χ0v) is 15.1. The van der Waals surface area contributed by atoms with E-state index in [4.69, 9.17) is 0 Å². The van der Waals surface area contributed by atoms with Gasteiger partial charge in [0.05, 0.1) is 17.8 Å². The summed E-state index contributed by atoms with van der Waals surface area (Å²) in [5.41, 5.74) is 1.47. The van der Waals surface area contributed by atoms with Gasteiger partial charge in [0.15, 0.2) is 10.3 Å². The first-order valence-electron chi connectivity index (χ1n) is 7.28. The molecule has 0 saturated heterocycles. The number of aryl methyl sites for hydroxylation is 2. The molecule has 8 nitrogen and oxygen atoms in total. The molecule has 25 heavy (non-hydrogen) atoms. The molecule has 3 aromatic heterocycles. The highest BCUT2D eigenvalue weighted by atomic mass is 32.1. The summed E-state index contributed by atoms with van der Waals surface area (Å²) in [4.78, 5) is 41.3. The zero-order chi connectivity index (χ0) is 17.8. The molecule has 0 radical (unpaired) electrons. The number of nitrogens with zero attached hydrogens (tertiary/aromatic N) is 4. The summed E-state index contributed by atoms with van der Waals surface area (Å²) < 4.78 is 0. The van der Waals surface area contributed by atoms with E-state index in [2.05, 4.69) is 30.6 Å². The Morgan fingerprint density at radius 1 is 1.08 bits per heavy atom. The molecule has 0 aliphatic rings. The van der Waals surface area contributed by atoms with Crippen LogP contribution in [-0.4, -0.2) is 31.8 Å². The van der Waals surface area contributed by atoms with E-state index in [0.29, 0.717) is 16.0 Å². The summed E-state index contributed by atoms with van der Waals surface area (Å²) in [7, 11) is 0. The maximum Gasteiger partial charge on any atom is 0.295 e. The van der Waals surface area contributed by atoms with Crippen LogP contribution in [0.1, 0.15) is 26.9 Å². The number of carbonyl (C=O) groups is 2. The number of aromatic nitrogens is 4. The molecule has 0 bridgehead atoms. The molecule has 3 heterocycles. The number of carbonyl (C=O) groups excluding carboxylic acids is 2. The second-order valence-corrected chi connectivity index (χ2v) is 7.12. The third-order valence-corrected chi connectivity index (χ3v) is 4.95. The van der Waals surface area contributed by atoms with Crippen molar-refractivity contribution in [2.24, 2.45) is 0 Å². The Morgan fingerprint density at radius 2 is 1.84 bits per heavy atom. The van der Waals surface area contributed by atoms with Crippen LogP contribution in [0.15, 0.2) is 23.8 Å². The number of hydrogen-bond donors (Lipinski definition) is 2. The number of thiazole rings is 2. The Bertz CT molecular complexity index is 886. The highest BCUT2D eigenvalue weighted by molar-refractivity contribution is 7.15. The molecule has 2 N–H and O–H groups in total. The average Bonchev–Trinajstić information content (AvgIpc) is 3.14. The monoisotopic (exact) mass is 374 g/mol. The Kier molecular flexibility index (Phi) is 5.10. The zero-order valence-electron chi connectivity index (χ0n) is 13.4. The van der Waals surface area contributed by atoms with Crippen molar-refractivity contribution < 1.29 is 9.59 Å². The Balaban J connectivity index is 1.58. The quantitative estimate of drug-likeness (QED) is 0.710. The molecule has 0 saturated carbocycles. The van der Waals surface area contributed by atoms with Crippen LogP contribution in [-0.2, 0) is 11.2 Å². The van der Waals surface area contributed by atoms with Crippen molar-refractivity contribution in [3.05, 3.63) is 45.9 Å². The molecule has 0 atom stereocenters. The van der Waals surface area contributed by atoms with Crippen molar-refractivity contribution in [2.45, 2.75) is 20.3 Å². The van der Waals surface area contributed by atoms with Gasteiger partial charge in [0.25, 0.3) is 5.91 Å². The molecule has 128 valence electrons. The van der Waals surface area contributed by atoms with Crippen molar-refractivity contribution >= 4 is 44.8 Å². The smallest absolute Gasteiger partial charge is 0.295 e. The van der Waals surface area contributed by atoms with E-state index in [0.717, 1.165) is 10.6 Å². The van der Waals surface area contributed by atoms with E-state index < -0.39 is 5.91 Å². The molecular formula is C15H14N6O2S2. The minimum Gasteiger partial charge on any atom is -0.302 e. The van der Waals surface area contributed by atoms with Crippen LogP contribution in [0.4, 0.5) is 10.3 Å². The first-order chi connectivity index (χ1) is 12.0. The number of amides is 2. The van der Waals surface area contributed by atoms with Gasteiger partial charge in [-0.25, -0.2) is 19.9 Å². The largest absolute Gasteiger partial charge is 0.302 e. The van der Waals surface area contributed by atoms with Gasteiger partial charge in [-0.05, 0) is 19.9 Å². The number of rotatable bonds is 5. The molecule has 10 heteroatoms. The minimum atomic E-state index is -0.445. The lowest BCUT2D eigenvalue weighted by Crippen LogP contribution is -2.16. The summed E-state index contributed by atoms with van der Waals surface area (Å²) in [6.45, 7) is 3.85. The van der Waals surface area contributed by atoms with Crippen LogP contribution >= 0.6 is 22.7 Å². The first kappa shape index (κ1) is 17.1. The van der Waals surface area contributed by atoms with Gasteiger partial charge in [0.1, 0.15) is 0 Å². The number of hydrogen-bond acceptors (Lipinski definition) is 8. The summed E-state index contributed by atoms with van der Waals surface area (Å²) in [6.07, 6.45) is 3.08. The van der Waals surface area contributed by atoms with Crippen molar-refractivity contribution in [3.8, 4) is 0 Å². The second kappa shape index (κ2) is 7.45. The van der Waals surface area contributed by atoms with Gasteiger partial charge >= 0.3 is 0 Å². The highest BCUT2D eigenvalue weighted by Gasteiger charge is 2.14. The Morgan fingerprint density at radius 3 is 2.52 bits per heavy atom. The Hall–Kier alpha value is -2.72. The van der Waals surface area contributed by atoms with E-state index in [-0.39, 0.29) is 18.2 Å². The fourth-order valence-corrected chi connectivity index (χ4v) is 3.41. The van der Waals surface area contributed by atoms with Crippen molar-refractivity contribution in [1.82, 2.24) is 19.9 Å². The molecule has 0 aliphatic heterocycles. The molecule has 3 aromatic rings. The fraction of sp³-hybridized carbons (Fsp3) is 0.200. The molecule has 0 aliphatic carbocycles. The van der Waals surface area contributed by atoms with Gasteiger partial charge in [-0.2, -0.15) is 0 Å². The van der Waals surface area contributed by atoms with Crippen LogP contribution < -0.4 is 10.6 Å². The molecular weight excluding hydrogens is 360 g/mol. The van der Waals surface area contributed by atoms with Gasteiger partial charge in [-0.1, -0.05) is 0 Å². The van der Waals surface area contributed by atoms with Crippen LogP contribution in [0.2, 0.25) is 0 Å². The van der Waals surface area contributed by atoms with Crippen molar-refractivity contribution in [2.75, 3.05) is 10.6 Å². The molecule has 0 fully saturated rings. The normalized spacial score (nSPS) is 10.5. The average molecular weight is 374 g/mol. The number of anilines is 2. The van der Waals surface area contributed by atoms with Crippen LogP contribution in [0.5, 0.6) is 0 Å². The predicted molar refractivity (Wildman–Crippen MR) is 96.0 cm³/mol. The topological polar surface area (TPSA) is 110 Å². The van der Waals surface area contributed by atoms with Crippen LogP contribution in [0, 0.1) is 13.8 Å². The van der Waals surface area contributed by atoms with Crippen molar-refractivity contribution in [1.29, 1.82) is 0 Å². The second-order valence-electron chi connectivity index (χ2n) is 5.06. The standard InChI is InChI=1S/C15H14N6O2S2/c1-8-9(2)25-15(18-8)20-11(22)6-10-7-24-14(19-10)21-13(23)12-16-4-3-5-17-12/h3-5,7H,6H2,1-2H3,(H,18,20,22)(H,19,21,23). The van der Waals surface area contributed by atoms with E-state index in [1.165, 1.54) is 35.1 Å². The summed E-state index contributed by atoms with van der Waals surface area (Å²) >= 11 is 2.67. The van der Waals surface area contributed by atoms with Gasteiger partial charge in [0.2, 0.25) is 11.7 Å². The highest BCUT2D eigenvalue weighted by Crippen LogP contribution is 2.22. The van der Waals surface area contributed by atoms with Gasteiger partial charge < -0.3 is 5.32 Å². The summed E-state index contributed by atoms with van der Waals surface area (Å²) in [6, 6.07) is 1.63. The molecule has 0 aromatic carbocycles. The maximum absolute atomic E-state index is 12.1. The third-order valence-electron chi connectivity index (χ3n) is 3.16. The molecule has 0 unspecified atom stereocenters. The molecule has 0 spiro atoms. The van der Waals surface area contributed by atoms with Crippen molar-refractivity contribution in [3.63, 3.8) is 0 Å². The van der Waals surface area contributed by atoms with E-state index in [1.807, 2.05) is 13.8 Å². The van der Waals surface area contributed by atoms with Gasteiger partial charge in [-0.3, -0.25) is 14.9 Å².